The van der Waals surface area contributed by atoms with Crippen molar-refractivity contribution in [3.8, 4) is 23.1 Å². The zero-order valence-corrected chi connectivity index (χ0v) is 18.4. The highest BCUT2D eigenvalue weighted by Gasteiger charge is 2.16. The number of nitrogens with one attached hydrogen (secondary N) is 2. The summed E-state index contributed by atoms with van der Waals surface area (Å²) in [5, 5.41) is 20.6. The number of nitriles is 1. The number of thioether (sulfide) groups is 2. The fourth-order valence-electron chi connectivity index (χ4n) is 2.34. The predicted octanol–water partition coefficient (Wildman–Crippen LogP) is 3.01. The van der Waals surface area contributed by atoms with Crippen LogP contribution in [0.2, 0.25) is 0 Å². The summed E-state index contributed by atoms with van der Waals surface area (Å²) in [6.07, 6.45) is 0. The molecule has 0 radical (unpaired) electrons. The quantitative estimate of drug-likeness (QED) is 0.295. The molecule has 0 spiro atoms. The molecule has 0 saturated carbocycles. The Morgan fingerprint density at radius 2 is 2.20 bits per heavy atom. The monoisotopic (exact) mass is 460 g/mol. The molecule has 0 aliphatic heterocycles. The number of methoxy groups -OCH3 is 1. The maximum atomic E-state index is 12.3. The minimum absolute atomic E-state index is 0.00221. The Kier molecular flexibility index (Phi) is 7.45. The van der Waals surface area contributed by atoms with Gasteiger partial charge in [-0.15, -0.1) is 10.2 Å². The standard InChI is InChI=1S/C18H16N6O3S3/c1-3-28-18-24-23-17(30-18)20-13(25)9-29-16-21-14(12(8-19)15(26)22-16)10-5-4-6-11(7-10)27-2/h4-7H,3,9H2,1-2H3,(H,20,23,25)(H,21,22,26). The van der Waals surface area contributed by atoms with Crippen LogP contribution in [0.15, 0.2) is 38.6 Å². The number of carbonyl (C=O) groups is 1. The molecule has 0 aliphatic carbocycles. The van der Waals surface area contributed by atoms with Gasteiger partial charge in [-0.3, -0.25) is 14.9 Å². The highest BCUT2D eigenvalue weighted by Crippen LogP contribution is 2.27. The van der Waals surface area contributed by atoms with E-state index in [2.05, 4.69) is 25.5 Å². The molecule has 2 N–H and O–H groups in total. The molecule has 3 aromatic rings. The van der Waals surface area contributed by atoms with Gasteiger partial charge < -0.3 is 9.72 Å². The third kappa shape index (κ3) is 5.38. The molecule has 0 aliphatic rings. The summed E-state index contributed by atoms with van der Waals surface area (Å²) in [6, 6.07) is 8.79. The van der Waals surface area contributed by atoms with E-state index in [1.165, 1.54) is 18.4 Å². The summed E-state index contributed by atoms with van der Waals surface area (Å²) in [6.45, 7) is 2.01. The summed E-state index contributed by atoms with van der Waals surface area (Å²) in [5.41, 5.74) is 0.122. The van der Waals surface area contributed by atoms with Crippen LogP contribution in [-0.4, -0.2) is 44.7 Å². The van der Waals surface area contributed by atoms with Gasteiger partial charge in [0.2, 0.25) is 11.0 Å². The van der Waals surface area contributed by atoms with Gasteiger partial charge in [0, 0.05) is 5.56 Å². The van der Waals surface area contributed by atoms with Crippen LogP contribution in [0, 0.1) is 11.3 Å². The van der Waals surface area contributed by atoms with Gasteiger partial charge in [0.15, 0.2) is 9.50 Å². The Labute approximate surface area is 184 Å². The van der Waals surface area contributed by atoms with Crippen molar-refractivity contribution in [1.29, 1.82) is 5.26 Å². The third-order valence-corrected chi connectivity index (χ3v) is 6.34. The number of H-pyrrole nitrogens is 1. The molecule has 0 saturated heterocycles. The zero-order chi connectivity index (χ0) is 21.5. The molecule has 3 rings (SSSR count). The number of hydrogen-bond donors (Lipinski definition) is 2. The lowest BCUT2D eigenvalue weighted by atomic mass is 10.1. The Balaban J connectivity index is 1.76. The Morgan fingerprint density at radius 3 is 2.93 bits per heavy atom. The number of benzene rings is 1. The first-order chi connectivity index (χ1) is 14.5. The maximum Gasteiger partial charge on any atom is 0.270 e. The molecule has 1 amide bonds. The summed E-state index contributed by atoms with van der Waals surface area (Å²) >= 11 is 3.89. The van der Waals surface area contributed by atoms with Crippen molar-refractivity contribution in [2.75, 3.05) is 23.9 Å². The van der Waals surface area contributed by atoms with Crippen molar-refractivity contribution in [1.82, 2.24) is 20.2 Å². The number of carbonyl (C=O) groups excluding carboxylic acids is 1. The lowest BCUT2D eigenvalue weighted by Crippen LogP contribution is -2.17. The second kappa shape index (κ2) is 10.2. The number of amides is 1. The lowest BCUT2D eigenvalue weighted by Gasteiger charge is -2.08. The SMILES string of the molecule is CCSc1nnc(NC(=O)CSc2nc(-c3cccc(OC)c3)c(C#N)c(=O)[nH]2)s1. The summed E-state index contributed by atoms with van der Waals surface area (Å²) < 4.78 is 5.98. The van der Waals surface area contributed by atoms with Crippen LogP contribution < -0.4 is 15.6 Å². The van der Waals surface area contributed by atoms with E-state index in [9.17, 15) is 14.9 Å². The number of rotatable bonds is 8. The van der Waals surface area contributed by atoms with Gasteiger partial charge in [-0.2, -0.15) is 5.26 Å². The van der Waals surface area contributed by atoms with Crippen LogP contribution in [0.1, 0.15) is 12.5 Å². The highest BCUT2D eigenvalue weighted by molar-refractivity contribution is 8.01. The van der Waals surface area contributed by atoms with Crippen molar-refractivity contribution in [3.05, 3.63) is 40.2 Å². The zero-order valence-electron chi connectivity index (χ0n) is 16.0. The minimum atomic E-state index is -0.571. The van der Waals surface area contributed by atoms with Gasteiger partial charge in [-0.05, 0) is 17.9 Å². The van der Waals surface area contributed by atoms with E-state index >= 15 is 0 Å². The first-order valence-electron chi connectivity index (χ1n) is 8.61. The lowest BCUT2D eigenvalue weighted by molar-refractivity contribution is -0.113. The van der Waals surface area contributed by atoms with Crippen LogP contribution in [0.5, 0.6) is 5.75 Å². The smallest absolute Gasteiger partial charge is 0.270 e. The topological polar surface area (TPSA) is 134 Å². The summed E-state index contributed by atoms with van der Waals surface area (Å²) in [5.74, 6) is 1.14. The van der Waals surface area contributed by atoms with Crippen molar-refractivity contribution in [2.45, 2.75) is 16.4 Å². The Hall–Kier alpha value is -2.88. The van der Waals surface area contributed by atoms with Gasteiger partial charge in [0.05, 0.1) is 18.6 Å². The van der Waals surface area contributed by atoms with Crippen LogP contribution in [0.3, 0.4) is 0 Å². The van der Waals surface area contributed by atoms with Gasteiger partial charge in [0.1, 0.15) is 17.4 Å². The number of ether oxygens (including phenoxy) is 1. The van der Waals surface area contributed by atoms with Gasteiger partial charge >= 0.3 is 0 Å². The predicted molar refractivity (Wildman–Crippen MR) is 117 cm³/mol. The molecule has 0 atom stereocenters. The average Bonchev–Trinajstić information content (AvgIpc) is 3.19. The van der Waals surface area contributed by atoms with Crippen LogP contribution in [0.4, 0.5) is 5.13 Å². The van der Waals surface area contributed by atoms with Gasteiger partial charge in [-0.25, -0.2) is 4.98 Å². The maximum absolute atomic E-state index is 12.3. The normalized spacial score (nSPS) is 10.4. The van der Waals surface area contributed by atoms with Crippen LogP contribution in [-0.2, 0) is 4.79 Å². The number of hydrogen-bond acceptors (Lipinski definition) is 10. The number of aromatic amines is 1. The first kappa shape index (κ1) is 21.8. The molecular weight excluding hydrogens is 444 g/mol. The molecule has 9 nitrogen and oxygen atoms in total. The number of aromatic nitrogens is 4. The molecule has 30 heavy (non-hydrogen) atoms. The van der Waals surface area contributed by atoms with E-state index in [1.54, 1.807) is 36.0 Å². The van der Waals surface area contributed by atoms with Gasteiger partial charge in [-0.1, -0.05) is 53.9 Å². The van der Waals surface area contributed by atoms with Crippen molar-refractivity contribution >= 4 is 45.9 Å². The molecule has 12 heteroatoms. The van der Waals surface area contributed by atoms with E-state index in [0.717, 1.165) is 21.9 Å². The molecule has 0 bridgehead atoms. The third-order valence-electron chi connectivity index (χ3n) is 3.61. The molecule has 0 fully saturated rings. The molecule has 1 aromatic carbocycles. The van der Waals surface area contributed by atoms with E-state index in [-0.39, 0.29) is 28.1 Å². The summed E-state index contributed by atoms with van der Waals surface area (Å²) in [4.78, 5) is 31.5. The van der Waals surface area contributed by atoms with Crippen LogP contribution in [0.25, 0.3) is 11.3 Å². The van der Waals surface area contributed by atoms with Crippen LogP contribution >= 0.6 is 34.9 Å². The number of nitrogens with zero attached hydrogens (tertiary/aromatic N) is 4. The fraction of sp³-hybridized carbons (Fsp3) is 0.222. The Morgan fingerprint density at radius 1 is 1.37 bits per heavy atom. The van der Waals surface area contributed by atoms with E-state index in [4.69, 9.17) is 4.74 Å². The second-order valence-electron chi connectivity index (χ2n) is 5.58. The Bertz CT molecular complexity index is 1150. The highest BCUT2D eigenvalue weighted by atomic mass is 32.2. The van der Waals surface area contributed by atoms with E-state index < -0.39 is 5.56 Å². The van der Waals surface area contributed by atoms with E-state index in [0.29, 0.717) is 16.4 Å². The average molecular weight is 461 g/mol. The molecule has 2 aromatic heterocycles. The second-order valence-corrected chi connectivity index (χ2v) is 9.03. The molecule has 0 unspecified atom stereocenters. The van der Waals surface area contributed by atoms with Crippen molar-refractivity contribution < 1.29 is 9.53 Å². The molecular formula is C18H16N6O3S3. The largest absolute Gasteiger partial charge is 0.497 e. The van der Waals surface area contributed by atoms with Gasteiger partial charge in [0.25, 0.3) is 5.56 Å². The van der Waals surface area contributed by atoms with Crippen molar-refractivity contribution in [2.24, 2.45) is 0 Å². The number of anilines is 1. The summed E-state index contributed by atoms with van der Waals surface area (Å²) in [7, 11) is 1.53. The van der Waals surface area contributed by atoms with Crippen molar-refractivity contribution in [3.63, 3.8) is 0 Å². The van der Waals surface area contributed by atoms with E-state index in [1.807, 2.05) is 13.0 Å². The fourth-order valence-corrected chi connectivity index (χ4v) is 4.66. The molecule has 2 heterocycles. The molecule has 154 valence electrons. The first-order valence-corrected chi connectivity index (χ1v) is 11.4. The minimum Gasteiger partial charge on any atom is -0.497 e.